The Morgan fingerprint density at radius 3 is 2.11 bits per heavy atom. The van der Waals surface area contributed by atoms with Crippen molar-refractivity contribution in [3.63, 3.8) is 0 Å². The van der Waals surface area contributed by atoms with E-state index in [0.29, 0.717) is 17.7 Å². The highest BCUT2D eigenvalue weighted by atomic mass is 16.6. The van der Waals surface area contributed by atoms with E-state index in [-0.39, 0.29) is 29.5 Å². The average Bonchev–Trinajstić information content (AvgIpc) is 2.78. The monoisotopic (exact) mass is 533 g/mol. The van der Waals surface area contributed by atoms with Gasteiger partial charge in [0.25, 0.3) is 0 Å². The van der Waals surface area contributed by atoms with Crippen LogP contribution < -0.4 is 10.6 Å². The Balaban J connectivity index is 3.44. The topological polar surface area (TPSA) is 108 Å². The predicted molar refractivity (Wildman–Crippen MR) is 152 cm³/mol. The second-order valence-corrected chi connectivity index (χ2v) is 11.8. The molecular weight excluding hydrogens is 482 g/mol. The third-order valence-electron chi connectivity index (χ3n) is 6.17. The molecular formula is C30H51N3O5. The maximum absolute atomic E-state index is 14.1. The van der Waals surface area contributed by atoms with Crippen molar-refractivity contribution in [2.24, 2.45) is 5.92 Å². The Hall–Kier alpha value is -2.77. The van der Waals surface area contributed by atoms with Crippen LogP contribution in [0, 0.1) is 12.8 Å². The molecule has 0 saturated heterocycles. The second-order valence-electron chi connectivity index (χ2n) is 11.8. The zero-order valence-corrected chi connectivity index (χ0v) is 25.0. The molecule has 1 aromatic carbocycles. The van der Waals surface area contributed by atoms with Gasteiger partial charge in [0.05, 0.1) is 0 Å². The Morgan fingerprint density at radius 1 is 0.974 bits per heavy atom. The molecule has 8 heteroatoms. The van der Waals surface area contributed by atoms with Gasteiger partial charge in [-0.25, -0.2) is 4.79 Å². The van der Waals surface area contributed by atoms with Gasteiger partial charge in [-0.05, 0) is 77.1 Å². The summed E-state index contributed by atoms with van der Waals surface area (Å²) in [5.74, 6) is -0.757. The molecule has 0 aliphatic heterocycles. The van der Waals surface area contributed by atoms with E-state index in [1.165, 1.54) is 6.42 Å². The summed E-state index contributed by atoms with van der Waals surface area (Å²) < 4.78 is 5.43. The zero-order chi connectivity index (χ0) is 29.0. The van der Waals surface area contributed by atoms with Crippen LogP contribution in [0.1, 0.15) is 111 Å². The number of phenols is 1. The Bertz CT molecular complexity index is 908. The van der Waals surface area contributed by atoms with Gasteiger partial charge in [-0.15, -0.1) is 0 Å². The number of aromatic hydroxyl groups is 1. The van der Waals surface area contributed by atoms with E-state index >= 15 is 0 Å². The first-order chi connectivity index (χ1) is 17.7. The lowest BCUT2D eigenvalue weighted by Gasteiger charge is -2.36. The summed E-state index contributed by atoms with van der Waals surface area (Å²) in [4.78, 5) is 42.0. The molecule has 38 heavy (non-hydrogen) atoms. The van der Waals surface area contributed by atoms with E-state index in [9.17, 15) is 19.5 Å². The van der Waals surface area contributed by atoms with Crippen molar-refractivity contribution < 1.29 is 24.2 Å². The number of carbonyl (C=O) groups excluding carboxylic acids is 3. The molecule has 0 aliphatic rings. The van der Waals surface area contributed by atoms with Gasteiger partial charge in [-0.3, -0.25) is 9.59 Å². The van der Waals surface area contributed by atoms with Crippen LogP contribution in [0.15, 0.2) is 18.2 Å². The third kappa shape index (κ3) is 11.3. The van der Waals surface area contributed by atoms with Crippen LogP contribution in [0.5, 0.6) is 5.75 Å². The van der Waals surface area contributed by atoms with Crippen molar-refractivity contribution in [3.8, 4) is 5.75 Å². The molecule has 0 saturated carbocycles. The number of carbonyl (C=O) groups is 3. The SMILES string of the molecule is CCCCCCCCN(C(=O)C(NC(=O)OC(C)(C)C)C(C)C)C(C(=O)NC(C)C)c1ccc(O)c(C)c1. The summed E-state index contributed by atoms with van der Waals surface area (Å²) in [6.45, 7) is 17.1. The number of benzene rings is 1. The molecule has 0 aliphatic carbocycles. The fourth-order valence-electron chi connectivity index (χ4n) is 4.24. The van der Waals surface area contributed by atoms with Gasteiger partial charge in [0, 0.05) is 12.6 Å². The van der Waals surface area contributed by atoms with E-state index in [2.05, 4.69) is 17.6 Å². The maximum atomic E-state index is 14.1. The number of amides is 3. The standard InChI is InChI=1S/C30H51N3O5/c1-10-11-12-13-14-15-18-33(28(36)25(20(2)3)32-29(37)38-30(7,8)9)26(27(35)31-21(4)5)23-16-17-24(34)22(6)19-23/h16-17,19-21,25-26,34H,10-15,18H2,1-9H3,(H,31,35)(H,32,37). The lowest BCUT2D eigenvalue weighted by molar-refractivity contribution is -0.143. The van der Waals surface area contributed by atoms with Crippen molar-refractivity contribution >= 4 is 17.9 Å². The number of nitrogens with one attached hydrogen (secondary N) is 2. The number of rotatable bonds is 14. The Morgan fingerprint density at radius 2 is 1.58 bits per heavy atom. The molecule has 1 aromatic rings. The number of alkyl carbamates (subject to hydrolysis) is 1. The fourth-order valence-corrected chi connectivity index (χ4v) is 4.24. The molecule has 0 heterocycles. The summed E-state index contributed by atoms with van der Waals surface area (Å²) in [6.07, 6.45) is 5.50. The van der Waals surface area contributed by atoms with E-state index in [0.717, 1.165) is 32.1 Å². The minimum absolute atomic E-state index is 0.122. The molecule has 216 valence electrons. The van der Waals surface area contributed by atoms with E-state index in [1.807, 2.05) is 27.7 Å². The highest BCUT2D eigenvalue weighted by Gasteiger charge is 2.37. The fraction of sp³-hybridized carbons (Fsp3) is 0.700. The highest BCUT2D eigenvalue weighted by Crippen LogP contribution is 2.28. The summed E-state index contributed by atoms with van der Waals surface area (Å²) in [6, 6.07) is 3.05. The third-order valence-corrected chi connectivity index (χ3v) is 6.17. The van der Waals surface area contributed by atoms with E-state index in [1.54, 1.807) is 50.8 Å². The molecule has 3 amide bonds. The molecule has 0 bridgehead atoms. The summed E-state index contributed by atoms with van der Waals surface area (Å²) in [5, 5.41) is 15.8. The predicted octanol–water partition coefficient (Wildman–Crippen LogP) is 6.00. The molecule has 0 aromatic heterocycles. The first-order valence-corrected chi connectivity index (χ1v) is 14.1. The van der Waals surface area contributed by atoms with Gasteiger partial charge in [-0.2, -0.15) is 0 Å². The van der Waals surface area contributed by atoms with E-state index in [4.69, 9.17) is 4.74 Å². The molecule has 8 nitrogen and oxygen atoms in total. The van der Waals surface area contributed by atoms with Gasteiger partial charge >= 0.3 is 6.09 Å². The molecule has 2 unspecified atom stereocenters. The lowest BCUT2D eigenvalue weighted by atomic mass is 9.97. The van der Waals surface area contributed by atoms with Crippen molar-refractivity contribution in [1.82, 2.24) is 15.5 Å². The summed E-state index contributed by atoms with van der Waals surface area (Å²) >= 11 is 0. The molecule has 2 atom stereocenters. The van der Waals surface area contributed by atoms with Gasteiger partial charge in [-0.1, -0.05) is 58.9 Å². The quantitative estimate of drug-likeness (QED) is 0.254. The van der Waals surface area contributed by atoms with Crippen LogP contribution in [0.3, 0.4) is 0 Å². The number of nitrogens with zero attached hydrogens (tertiary/aromatic N) is 1. The second kappa shape index (κ2) is 15.6. The summed E-state index contributed by atoms with van der Waals surface area (Å²) in [7, 11) is 0. The van der Waals surface area contributed by atoms with Crippen LogP contribution in [-0.4, -0.2) is 52.1 Å². The lowest BCUT2D eigenvalue weighted by Crippen LogP contribution is -2.55. The maximum Gasteiger partial charge on any atom is 0.408 e. The summed E-state index contributed by atoms with van der Waals surface area (Å²) in [5.41, 5.74) is 0.512. The van der Waals surface area contributed by atoms with Crippen LogP contribution in [0.4, 0.5) is 4.79 Å². The van der Waals surface area contributed by atoms with Gasteiger partial charge in [0.1, 0.15) is 23.4 Å². The smallest absolute Gasteiger partial charge is 0.408 e. The Labute approximate surface area is 229 Å². The molecule has 0 spiro atoms. The highest BCUT2D eigenvalue weighted by molar-refractivity contribution is 5.92. The number of ether oxygens (including phenoxy) is 1. The van der Waals surface area contributed by atoms with Crippen molar-refractivity contribution in [1.29, 1.82) is 0 Å². The van der Waals surface area contributed by atoms with E-state index < -0.39 is 23.8 Å². The first-order valence-electron chi connectivity index (χ1n) is 14.1. The molecule has 0 radical (unpaired) electrons. The minimum Gasteiger partial charge on any atom is -0.508 e. The normalized spacial score (nSPS) is 13.2. The largest absolute Gasteiger partial charge is 0.508 e. The van der Waals surface area contributed by atoms with Gasteiger partial charge < -0.3 is 25.4 Å². The van der Waals surface area contributed by atoms with Crippen LogP contribution >= 0.6 is 0 Å². The molecule has 1 rings (SSSR count). The molecule has 3 N–H and O–H groups in total. The zero-order valence-electron chi connectivity index (χ0n) is 25.0. The average molecular weight is 534 g/mol. The van der Waals surface area contributed by atoms with Crippen LogP contribution in [-0.2, 0) is 14.3 Å². The van der Waals surface area contributed by atoms with Crippen LogP contribution in [0.2, 0.25) is 0 Å². The van der Waals surface area contributed by atoms with Crippen molar-refractivity contribution in [2.75, 3.05) is 6.54 Å². The van der Waals surface area contributed by atoms with Gasteiger partial charge in [0.15, 0.2) is 0 Å². The number of hydrogen-bond donors (Lipinski definition) is 3. The Kier molecular flexibility index (Phi) is 13.6. The van der Waals surface area contributed by atoms with Crippen LogP contribution in [0.25, 0.3) is 0 Å². The molecule has 0 fully saturated rings. The number of phenolic OH excluding ortho intramolecular Hbond substituents is 1. The minimum atomic E-state index is -0.915. The number of unbranched alkanes of at least 4 members (excludes halogenated alkanes) is 5. The number of aryl methyl sites for hydroxylation is 1. The van der Waals surface area contributed by atoms with Crippen molar-refractivity contribution in [3.05, 3.63) is 29.3 Å². The van der Waals surface area contributed by atoms with Gasteiger partial charge in [0.2, 0.25) is 11.8 Å². The first kappa shape index (κ1) is 33.3. The van der Waals surface area contributed by atoms with Crippen molar-refractivity contribution in [2.45, 2.75) is 125 Å². The number of hydrogen-bond acceptors (Lipinski definition) is 5.